The number of nitrogens with one attached hydrogen (secondary N) is 1. The highest BCUT2D eigenvalue weighted by Gasteiger charge is 2.12. The van der Waals surface area contributed by atoms with Crippen LogP contribution in [0.15, 0.2) is 77.3 Å². The molecule has 0 spiro atoms. The van der Waals surface area contributed by atoms with E-state index in [1.165, 1.54) is 6.07 Å². The first-order valence-corrected chi connectivity index (χ1v) is 11.6. The van der Waals surface area contributed by atoms with Crippen molar-refractivity contribution in [2.75, 3.05) is 6.54 Å². The lowest BCUT2D eigenvalue weighted by molar-refractivity contribution is 0.0953. The molecule has 4 nitrogen and oxygen atoms in total. The van der Waals surface area contributed by atoms with Crippen molar-refractivity contribution < 1.29 is 9.18 Å². The Balaban J connectivity index is 1.33. The Hall–Kier alpha value is -2.99. The summed E-state index contributed by atoms with van der Waals surface area (Å²) in [5.41, 5.74) is 3.26. The molecule has 1 aromatic heterocycles. The Bertz CT molecular complexity index is 1220. The molecule has 0 unspecified atom stereocenters. The molecular formula is C26H25BrFN3O. The molecule has 0 radical (unpaired) electrons. The number of amides is 1. The third-order valence-corrected chi connectivity index (χ3v) is 5.96. The van der Waals surface area contributed by atoms with E-state index in [-0.39, 0.29) is 11.7 Å². The maximum atomic E-state index is 14.2. The van der Waals surface area contributed by atoms with Crippen LogP contribution in [0, 0.1) is 5.82 Å². The molecule has 0 aliphatic heterocycles. The van der Waals surface area contributed by atoms with Gasteiger partial charge in [0.15, 0.2) is 0 Å². The number of fused-ring (bicyclic) bond motifs is 1. The molecule has 4 aromatic rings. The minimum absolute atomic E-state index is 0.0574. The van der Waals surface area contributed by atoms with Gasteiger partial charge in [-0.2, -0.15) is 0 Å². The summed E-state index contributed by atoms with van der Waals surface area (Å²) in [6.07, 6.45) is 3.63. The van der Waals surface area contributed by atoms with Gasteiger partial charge < -0.3 is 9.88 Å². The SMILES string of the molecule is O=C(NCCCCCc1nc2ccccc2n1Cc1ccccc1F)c1cccc(Br)c1. The molecular weight excluding hydrogens is 469 g/mol. The molecule has 0 aliphatic carbocycles. The van der Waals surface area contributed by atoms with Crippen LogP contribution in [0.4, 0.5) is 4.39 Å². The summed E-state index contributed by atoms with van der Waals surface area (Å²) in [4.78, 5) is 17.0. The van der Waals surface area contributed by atoms with Gasteiger partial charge >= 0.3 is 0 Å². The average molecular weight is 494 g/mol. The van der Waals surface area contributed by atoms with Crippen LogP contribution in [-0.2, 0) is 13.0 Å². The van der Waals surface area contributed by atoms with Gasteiger partial charge in [0.05, 0.1) is 17.6 Å². The summed E-state index contributed by atoms with van der Waals surface area (Å²) in [5.74, 6) is 0.711. The summed E-state index contributed by atoms with van der Waals surface area (Å²) < 4.78 is 17.2. The van der Waals surface area contributed by atoms with Crippen molar-refractivity contribution in [1.82, 2.24) is 14.9 Å². The number of imidazole rings is 1. The predicted octanol–water partition coefficient (Wildman–Crippen LogP) is 6.13. The van der Waals surface area contributed by atoms with Crippen LogP contribution in [0.25, 0.3) is 11.0 Å². The van der Waals surface area contributed by atoms with E-state index in [2.05, 4.69) is 25.8 Å². The van der Waals surface area contributed by atoms with E-state index < -0.39 is 0 Å². The fraction of sp³-hybridized carbons (Fsp3) is 0.231. The fourth-order valence-electron chi connectivity index (χ4n) is 3.81. The fourth-order valence-corrected chi connectivity index (χ4v) is 4.21. The van der Waals surface area contributed by atoms with Crippen molar-refractivity contribution >= 4 is 32.9 Å². The van der Waals surface area contributed by atoms with Crippen LogP contribution in [-0.4, -0.2) is 22.0 Å². The molecule has 1 N–H and O–H groups in total. The van der Waals surface area contributed by atoms with E-state index >= 15 is 0 Å². The number of aromatic nitrogens is 2. The highest BCUT2D eigenvalue weighted by atomic mass is 79.9. The summed E-state index contributed by atoms with van der Waals surface area (Å²) in [7, 11) is 0. The zero-order chi connectivity index (χ0) is 22.3. The number of hydrogen-bond donors (Lipinski definition) is 1. The van der Waals surface area contributed by atoms with Gasteiger partial charge in [-0.15, -0.1) is 0 Å². The monoisotopic (exact) mass is 493 g/mol. The minimum Gasteiger partial charge on any atom is -0.352 e. The number of unbranched alkanes of at least 4 members (excludes halogenated alkanes) is 2. The van der Waals surface area contributed by atoms with Crippen LogP contribution in [0.5, 0.6) is 0 Å². The Morgan fingerprint density at radius 1 is 0.969 bits per heavy atom. The van der Waals surface area contributed by atoms with E-state index in [1.807, 2.05) is 54.6 Å². The van der Waals surface area contributed by atoms with Crippen molar-refractivity contribution in [3.8, 4) is 0 Å². The second-order valence-electron chi connectivity index (χ2n) is 7.77. The summed E-state index contributed by atoms with van der Waals surface area (Å²) >= 11 is 3.39. The van der Waals surface area contributed by atoms with Gasteiger partial charge in [-0.25, -0.2) is 9.37 Å². The normalized spacial score (nSPS) is 11.1. The second kappa shape index (κ2) is 10.6. The van der Waals surface area contributed by atoms with Gasteiger partial charge in [-0.3, -0.25) is 4.79 Å². The number of rotatable bonds is 9. The first-order chi connectivity index (χ1) is 15.6. The number of hydrogen-bond acceptors (Lipinski definition) is 2. The quantitative estimate of drug-likeness (QED) is 0.285. The maximum Gasteiger partial charge on any atom is 0.251 e. The largest absolute Gasteiger partial charge is 0.352 e. The lowest BCUT2D eigenvalue weighted by Gasteiger charge is -2.10. The smallest absolute Gasteiger partial charge is 0.251 e. The molecule has 0 bridgehead atoms. The Kier molecular flexibility index (Phi) is 7.32. The van der Waals surface area contributed by atoms with E-state index in [0.29, 0.717) is 24.2 Å². The molecule has 0 saturated heterocycles. The number of carbonyl (C=O) groups excluding carboxylic acids is 1. The molecule has 1 amide bonds. The van der Waals surface area contributed by atoms with E-state index in [0.717, 1.165) is 47.0 Å². The molecule has 0 aliphatic rings. The van der Waals surface area contributed by atoms with Crippen LogP contribution < -0.4 is 5.32 Å². The van der Waals surface area contributed by atoms with Crippen molar-refractivity contribution in [1.29, 1.82) is 0 Å². The minimum atomic E-state index is -0.197. The Morgan fingerprint density at radius 3 is 2.62 bits per heavy atom. The third-order valence-electron chi connectivity index (χ3n) is 5.47. The number of carbonyl (C=O) groups is 1. The van der Waals surface area contributed by atoms with Gasteiger partial charge in [-0.05, 0) is 49.2 Å². The molecule has 3 aromatic carbocycles. The highest BCUT2D eigenvalue weighted by Crippen LogP contribution is 2.20. The topological polar surface area (TPSA) is 46.9 Å². The number of para-hydroxylation sites is 2. The van der Waals surface area contributed by atoms with Gasteiger partial charge in [0.25, 0.3) is 5.91 Å². The summed E-state index contributed by atoms with van der Waals surface area (Å²) in [6, 6.07) is 22.2. The second-order valence-corrected chi connectivity index (χ2v) is 8.69. The first-order valence-electron chi connectivity index (χ1n) is 10.8. The molecule has 1 heterocycles. The number of nitrogens with zero attached hydrogens (tertiary/aromatic N) is 2. The van der Waals surface area contributed by atoms with Crippen LogP contribution in [0.1, 0.15) is 41.0 Å². The molecule has 6 heteroatoms. The lowest BCUT2D eigenvalue weighted by atomic mass is 10.1. The van der Waals surface area contributed by atoms with E-state index in [1.54, 1.807) is 12.1 Å². The first kappa shape index (κ1) is 22.2. The van der Waals surface area contributed by atoms with Crippen molar-refractivity contribution in [2.45, 2.75) is 32.2 Å². The van der Waals surface area contributed by atoms with Crippen molar-refractivity contribution in [2.24, 2.45) is 0 Å². The summed E-state index contributed by atoms with van der Waals surface area (Å²) in [5, 5.41) is 2.97. The maximum absolute atomic E-state index is 14.2. The number of benzene rings is 3. The van der Waals surface area contributed by atoms with Gasteiger partial charge in [-0.1, -0.05) is 58.7 Å². The van der Waals surface area contributed by atoms with Crippen molar-refractivity contribution in [3.63, 3.8) is 0 Å². The average Bonchev–Trinajstić information content (AvgIpc) is 3.14. The lowest BCUT2D eigenvalue weighted by Crippen LogP contribution is -2.24. The zero-order valence-electron chi connectivity index (χ0n) is 17.7. The van der Waals surface area contributed by atoms with Crippen LogP contribution >= 0.6 is 15.9 Å². The molecule has 0 fully saturated rings. The van der Waals surface area contributed by atoms with Crippen LogP contribution in [0.2, 0.25) is 0 Å². The van der Waals surface area contributed by atoms with Gasteiger partial charge in [0, 0.05) is 28.6 Å². The third kappa shape index (κ3) is 5.43. The number of aryl methyl sites for hydroxylation is 1. The number of halogens is 2. The summed E-state index contributed by atoms with van der Waals surface area (Å²) in [6.45, 7) is 1.10. The Morgan fingerprint density at radius 2 is 1.78 bits per heavy atom. The molecule has 4 rings (SSSR count). The predicted molar refractivity (Wildman–Crippen MR) is 129 cm³/mol. The van der Waals surface area contributed by atoms with E-state index in [4.69, 9.17) is 4.98 Å². The van der Waals surface area contributed by atoms with Crippen LogP contribution in [0.3, 0.4) is 0 Å². The molecule has 164 valence electrons. The highest BCUT2D eigenvalue weighted by molar-refractivity contribution is 9.10. The zero-order valence-corrected chi connectivity index (χ0v) is 19.3. The molecule has 0 saturated carbocycles. The van der Waals surface area contributed by atoms with Gasteiger partial charge in [0.1, 0.15) is 11.6 Å². The molecule has 0 atom stereocenters. The molecule has 32 heavy (non-hydrogen) atoms. The van der Waals surface area contributed by atoms with Crippen molar-refractivity contribution in [3.05, 3.63) is 100 Å². The standard InChI is InChI=1S/C26H25BrFN3O/c27-21-11-8-10-19(17-21)26(32)29-16-7-1-2-15-25-30-23-13-5-6-14-24(23)31(25)18-20-9-3-4-12-22(20)28/h3-6,8-14,17H,1-2,7,15-16,18H2,(H,29,32). The van der Waals surface area contributed by atoms with E-state index in [9.17, 15) is 9.18 Å². The Labute approximate surface area is 195 Å². The van der Waals surface area contributed by atoms with Gasteiger partial charge in [0.2, 0.25) is 0 Å².